The maximum atomic E-state index is 15.9. The second-order valence-electron chi connectivity index (χ2n) is 34.9. The van der Waals surface area contributed by atoms with E-state index in [-0.39, 0.29) is 55.8 Å². The molecule has 12 aliphatic rings. The number of aliphatic carboxylic acids is 1. The zero-order chi connectivity index (χ0) is 70.6. The number of fused-ring (bicyclic) bond motifs is 14. The number of hydrogen-bond acceptors (Lipinski definition) is 23. The third-order valence-electron chi connectivity index (χ3n) is 31.4. The van der Waals surface area contributed by atoms with Crippen molar-refractivity contribution in [1.82, 2.24) is 0 Å². The van der Waals surface area contributed by atoms with E-state index in [1.807, 2.05) is 33.8 Å². The summed E-state index contributed by atoms with van der Waals surface area (Å²) in [5.74, 6) is -8.56. The third-order valence-corrected chi connectivity index (χ3v) is 31.4. The van der Waals surface area contributed by atoms with Gasteiger partial charge in [-0.25, -0.2) is 0 Å². The summed E-state index contributed by atoms with van der Waals surface area (Å²) >= 11 is 0. The fourth-order valence-corrected chi connectivity index (χ4v) is 25.1. The van der Waals surface area contributed by atoms with Gasteiger partial charge in [0.25, 0.3) is 0 Å². The molecule has 24 nitrogen and oxygen atoms in total. The molecule has 10 fully saturated rings. The van der Waals surface area contributed by atoms with Crippen molar-refractivity contribution in [3.63, 3.8) is 0 Å². The van der Waals surface area contributed by atoms with Crippen LogP contribution in [0.3, 0.4) is 0 Å². The SMILES string of the molecule is C[C@@H]1CC[C@]2(C(=O)O[C@@H]3O[C@H](CO)[C@@H](O)[C@H](O)[C@H]3O)CC[C@]3(C)C(=CC[C@@H]4[C@@]5(C)C[C@@H](O)[C@H](O)[C@@](C)(C(=O)O[C@@H]6[C@H](O)C[C@@]7(C)[C@@H](CC[C@]8(C)[C@@H]7CC=C7[C@H]9[C@](C(=O)O[C@@H]%10O[C@H](CO)[C@@H](O)[C@H](O)[C@H]%10O)(CC[C@@H](C)[C@@]9(C)O)CC[C@]78C)[C@@]6(CO)C(=O)O)[C@@H]5CC[C@]43C)[C@@H]2[C@]1(C)O. The predicted molar refractivity (Wildman–Crippen MR) is 337 cm³/mol. The molecule has 15 N–H and O–H groups in total. The first-order valence-corrected chi connectivity index (χ1v) is 35.6. The molecule has 0 unspecified atom stereocenters. The summed E-state index contributed by atoms with van der Waals surface area (Å²) in [6, 6.07) is 0. The molecule has 2 aliphatic heterocycles. The summed E-state index contributed by atoms with van der Waals surface area (Å²) in [7, 11) is 0. The van der Waals surface area contributed by atoms with Gasteiger partial charge in [-0.1, -0.05) is 78.7 Å². The highest BCUT2D eigenvalue weighted by atomic mass is 16.7. The quantitative estimate of drug-likeness (QED) is 0.0848. The normalized spacial score (nSPS) is 56.6. The van der Waals surface area contributed by atoms with Gasteiger partial charge in [0.1, 0.15) is 60.4 Å². The minimum Gasteiger partial charge on any atom is -0.481 e. The highest BCUT2D eigenvalue weighted by Crippen LogP contribution is 2.79. The van der Waals surface area contributed by atoms with Crippen LogP contribution in [0.5, 0.6) is 0 Å². The van der Waals surface area contributed by atoms with E-state index in [4.69, 9.17) is 23.7 Å². The number of ether oxygens (including phenoxy) is 5. The van der Waals surface area contributed by atoms with Gasteiger partial charge >= 0.3 is 23.9 Å². The average molecular weight is 1360 g/mol. The smallest absolute Gasteiger partial charge is 0.316 e. The summed E-state index contributed by atoms with van der Waals surface area (Å²) in [5, 5.41) is 171. The van der Waals surface area contributed by atoms with E-state index in [1.165, 1.54) is 0 Å². The molecule has 10 aliphatic carbocycles. The number of aliphatic hydroxyl groups is 14. The zero-order valence-corrected chi connectivity index (χ0v) is 57.7. The van der Waals surface area contributed by atoms with Crippen molar-refractivity contribution in [2.75, 3.05) is 19.8 Å². The zero-order valence-electron chi connectivity index (χ0n) is 57.7. The molecule has 0 spiro atoms. The monoisotopic (exact) mass is 1360 g/mol. The molecule has 0 amide bonds. The van der Waals surface area contributed by atoms with Gasteiger partial charge in [0.05, 0.1) is 65.6 Å². The Morgan fingerprint density at radius 2 is 0.896 bits per heavy atom. The molecule has 0 aromatic rings. The van der Waals surface area contributed by atoms with Crippen LogP contribution < -0.4 is 0 Å². The summed E-state index contributed by atoms with van der Waals surface area (Å²) < 4.78 is 29.9. The molecule has 24 heteroatoms. The minimum absolute atomic E-state index is 0.0617. The van der Waals surface area contributed by atoms with Gasteiger partial charge < -0.3 is 100 Å². The molecule has 12 rings (SSSR count). The van der Waals surface area contributed by atoms with Gasteiger partial charge in [-0.2, -0.15) is 0 Å². The lowest BCUT2D eigenvalue weighted by Crippen LogP contribution is -2.73. The van der Waals surface area contributed by atoms with E-state index in [2.05, 4.69) is 33.8 Å². The van der Waals surface area contributed by atoms with E-state index in [0.29, 0.717) is 70.6 Å². The molecule has 0 radical (unpaired) electrons. The van der Waals surface area contributed by atoms with Gasteiger partial charge in [-0.3, -0.25) is 19.2 Å². The van der Waals surface area contributed by atoms with Crippen LogP contribution in [0.1, 0.15) is 179 Å². The maximum absolute atomic E-state index is 15.9. The van der Waals surface area contributed by atoms with Crippen molar-refractivity contribution < 1.29 is 119 Å². The Balaban J connectivity index is 0.835. The lowest BCUT2D eigenvalue weighted by Gasteiger charge is -2.72. The number of carbonyl (C=O) groups is 4. The predicted octanol–water partition coefficient (Wildman–Crippen LogP) is 2.45. The number of esters is 3. The van der Waals surface area contributed by atoms with Crippen LogP contribution in [0.15, 0.2) is 23.3 Å². The second-order valence-corrected chi connectivity index (χ2v) is 34.9. The van der Waals surface area contributed by atoms with E-state index >= 15 is 14.4 Å². The molecule has 542 valence electrons. The Hall–Kier alpha value is -3.28. The number of carbonyl (C=O) groups excluding carboxylic acids is 3. The highest BCUT2D eigenvalue weighted by molar-refractivity contribution is 5.82. The van der Waals surface area contributed by atoms with Gasteiger partial charge in [0.2, 0.25) is 12.6 Å². The first kappa shape index (κ1) is 72.5. The van der Waals surface area contributed by atoms with Crippen LogP contribution in [-0.2, 0) is 42.9 Å². The Bertz CT molecular complexity index is 3130. The van der Waals surface area contributed by atoms with Crippen LogP contribution in [0.25, 0.3) is 0 Å². The number of carboxylic acids is 1. The van der Waals surface area contributed by atoms with Crippen LogP contribution in [0, 0.1) is 101 Å². The standard InChI is InChI=1S/C72H110O24/c1-33-16-22-70(59(88)95-55-49(82)47(80)45(78)39(30-73)92-55)26-24-63(5)35(51(70)68(33,10)90)12-14-41-61(3)28-37(76)53(84)67(9,43(61)18-20-65(41,63)7)58(87)94-54-38(77)29-62(4)42-15-13-36-52-69(11,91)34(2)17-23-71(52,60(89)96-56-50(83)48(81)46(79)40(31-74)93-56)27-25-64(36,6)66(42,8)21-19-44(62)72(54,32-75)57(85)86/h12-13,33-34,37-56,73-84,90-91H,14-32H2,1-11H3,(H,85,86)/t33-,34-,37-,38-,39-,40-,41-,42-,43-,44-,45-,46-,47+,48+,49-,50-,51-,52-,53+,54-,55+,56+,61-,62-,63-,64-,65-,66-,67+,68-,69-,70+,71+,72-/m1/s1. The van der Waals surface area contributed by atoms with Gasteiger partial charge in [-0.15, -0.1) is 0 Å². The molecular formula is C72H110O24. The fraction of sp³-hybridized carbons (Fsp3) is 0.889. The van der Waals surface area contributed by atoms with Crippen LogP contribution >= 0.6 is 0 Å². The van der Waals surface area contributed by atoms with Crippen LogP contribution in [0.4, 0.5) is 0 Å². The van der Waals surface area contributed by atoms with Gasteiger partial charge in [0.15, 0.2) is 0 Å². The second kappa shape index (κ2) is 23.6. The molecule has 0 aromatic heterocycles. The largest absolute Gasteiger partial charge is 0.481 e. The lowest BCUT2D eigenvalue weighted by molar-refractivity contribution is -0.299. The van der Waals surface area contributed by atoms with E-state index in [9.17, 15) is 81.4 Å². The summed E-state index contributed by atoms with van der Waals surface area (Å²) in [5.41, 5.74) is -13.0. The first-order valence-electron chi connectivity index (χ1n) is 35.6. The van der Waals surface area contributed by atoms with E-state index in [0.717, 1.165) is 11.1 Å². The Kier molecular flexibility index (Phi) is 17.8. The summed E-state index contributed by atoms with van der Waals surface area (Å²) in [6.45, 7) is 18.9. The van der Waals surface area contributed by atoms with E-state index < -0.39 is 219 Å². The fourth-order valence-electron chi connectivity index (χ4n) is 25.1. The number of carboxylic acid groups (broad SMARTS) is 1. The van der Waals surface area contributed by atoms with Crippen molar-refractivity contribution in [3.05, 3.63) is 23.3 Å². The van der Waals surface area contributed by atoms with Gasteiger partial charge in [-0.05, 0) is 192 Å². The maximum Gasteiger partial charge on any atom is 0.316 e. The van der Waals surface area contributed by atoms with Gasteiger partial charge in [0, 0.05) is 11.8 Å². The minimum atomic E-state index is -2.29. The van der Waals surface area contributed by atoms with Crippen molar-refractivity contribution in [1.29, 1.82) is 0 Å². The van der Waals surface area contributed by atoms with Crippen LogP contribution in [-0.4, -0.2) is 217 Å². The number of hydrogen-bond donors (Lipinski definition) is 15. The van der Waals surface area contributed by atoms with Crippen molar-refractivity contribution in [2.45, 2.75) is 276 Å². The molecular weight excluding hydrogens is 1250 g/mol. The topological polar surface area (TPSA) is 418 Å². The molecule has 0 bridgehead atoms. The summed E-state index contributed by atoms with van der Waals surface area (Å²) in [4.78, 5) is 60.4. The number of rotatable bonds is 10. The average Bonchev–Trinajstić information content (AvgIpc) is 0.672. The van der Waals surface area contributed by atoms with Crippen molar-refractivity contribution in [3.8, 4) is 0 Å². The van der Waals surface area contributed by atoms with Crippen molar-refractivity contribution in [2.24, 2.45) is 101 Å². The van der Waals surface area contributed by atoms with Crippen LogP contribution in [0.2, 0.25) is 0 Å². The molecule has 2 heterocycles. The Labute approximate surface area is 561 Å². The molecule has 96 heavy (non-hydrogen) atoms. The molecule has 2 saturated heterocycles. The van der Waals surface area contributed by atoms with E-state index in [1.54, 1.807) is 20.8 Å². The number of aliphatic hydroxyl groups excluding tert-OH is 12. The molecule has 0 aromatic carbocycles. The summed E-state index contributed by atoms with van der Waals surface area (Å²) in [6.07, 6.45) is -14.6. The molecule has 8 saturated carbocycles. The Morgan fingerprint density at radius 3 is 1.30 bits per heavy atom. The highest BCUT2D eigenvalue weighted by Gasteiger charge is 2.78. The third kappa shape index (κ3) is 9.33. The van der Waals surface area contributed by atoms with Crippen molar-refractivity contribution >= 4 is 23.9 Å². The molecule has 34 atom stereocenters. The number of allylic oxidation sites excluding steroid dienone is 2. The Morgan fingerprint density at radius 1 is 0.490 bits per heavy atom. The lowest BCUT2D eigenvalue weighted by atomic mass is 9.32. The first-order chi connectivity index (χ1) is 44.6.